The number of nitrogens with zero attached hydrogens (tertiary/aromatic N) is 1. The molecule has 0 amide bonds. The maximum Gasteiger partial charge on any atom is 0.243 e. The molecule has 5 nitrogen and oxygen atoms in total. The quantitative estimate of drug-likeness (QED) is 0.865. The first kappa shape index (κ1) is 16.2. The van der Waals surface area contributed by atoms with Crippen LogP contribution in [0.15, 0.2) is 41.3 Å². The molecule has 0 spiro atoms. The summed E-state index contributed by atoms with van der Waals surface area (Å²) in [4.78, 5) is 0.316. The molecule has 1 aliphatic rings. The van der Waals surface area contributed by atoms with Gasteiger partial charge in [-0.15, -0.1) is 0 Å². The maximum atomic E-state index is 12.9. The summed E-state index contributed by atoms with van der Waals surface area (Å²) in [7, 11) is -1.90. The highest BCUT2D eigenvalue weighted by atomic mass is 32.2. The topological polar surface area (TPSA) is 55.8 Å². The van der Waals surface area contributed by atoms with E-state index in [-0.39, 0.29) is 12.2 Å². The molecule has 1 fully saturated rings. The Morgan fingerprint density at radius 3 is 2.30 bits per heavy atom. The first-order valence-electron chi connectivity index (χ1n) is 7.63. The number of sulfonamides is 1. The number of rotatable bonds is 3. The molecule has 3 rings (SSSR count). The van der Waals surface area contributed by atoms with Crippen LogP contribution in [0.5, 0.6) is 5.75 Å². The van der Waals surface area contributed by atoms with Crippen molar-refractivity contribution in [2.75, 3.05) is 20.2 Å². The minimum atomic E-state index is -3.51. The van der Waals surface area contributed by atoms with Gasteiger partial charge in [-0.2, -0.15) is 4.31 Å². The number of methoxy groups -OCH3 is 1. The Labute approximate surface area is 136 Å². The predicted molar refractivity (Wildman–Crippen MR) is 89.3 cm³/mol. The van der Waals surface area contributed by atoms with Crippen LogP contribution in [0.1, 0.15) is 13.8 Å². The van der Waals surface area contributed by atoms with Crippen molar-refractivity contribution < 1.29 is 17.9 Å². The molecule has 0 aliphatic carbocycles. The maximum absolute atomic E-state index is 12.9. The van der Waals surface area contributed by atoms with Crippen LogP contribution in [0.3, 0.4) is 0 Å². The summed E-state index contributed by atoms with van der Waals surface area (Å²) in [6.45, 7) is 4.55. The third-order valence-corrected chi connectivity index (χ3v) is 5.87. The normalized spacial score (nSPS) is 23.1. The van der Waals surface area contributed by atoms with Crippen molar-refractivity contribution in [1.29, 1.82) is 0 Å². The van der Waals surface area contributed by atoms with Crippen LogP contribution >= 0.6 is 0 Å². The van der Waals surface area contributed by atoms with Gasteiger partial charge in [-0.05, 0) is 48.9 Å². The van der Waals surface area contributed by atoms with Crippen LogP contribution in [-0.2, 0) is 14.8 Å². The van der Waals surface area contributed by atoms with E-state index >= 15 is 0 Å². The molecule has 0 bridgehead atoms. The zero-order valence-electron chi connectivity index (χ0n) is 13.5. The van der Waals surface area contributed by atoms with Gasteiger partial charge in [-0.25, -0.2) is 8.42 Å². The lowest BCUT2D eigenvalue weighted by molar-refractivity contribution is -0.0440. The predicted octanol–water partition coefficient (Wildman–Crippen LogP) is 2.65. The van der Waals surface area contributed by atoms with E-state index in [1.807, 2.05) is 38.1 Å². The number of hydrogen-bond acceptors (Lipinski definition) is 4. The molecule has 2 atom stereocenters. The molecular weight excluding hydrogens is 314 g/mol. The summed E-state index contributed by atoms with van der Waals surface area (Å²) in [5.74, 6) is 0.754. The molecule has 0 saturated carbocycles. The molecule has 2 aromatic rings. The molecule has 23 heavy (non-hydrogen) atoms. The van der Waals surface area contributed by atoms with Gasteiger partial charge in [0.15, 0.2) is 0 Å². The van der Waals surface area contributed by atoms with Crippen molar-refractivity contribution in [1.82, 2.24) is 4.31 Å². The second kappa shape index (κ2) is 6.11. The zero-order valence-corrected chi connectivity index (χ0v) is 14.3. The Morgan fingerprint density at radius 2 is 1.65 bits per heavy atom. The summed E-state index contributed by atoms with van der Waals surface area (Å²) >= 11 is 0. The lowest BCUT2D eigenvalue weighted by atomic mass is 10.1. The Hall–Kier alpha value is -1.63. The van der Waals surface area contributed by atoms with Crippen molar-refractivity contribution >= 4 is 20.8 Å². The molecule has 0 aromatic heterocycles. The molecule has 0 N–H and O–H groups in total. The summed E-state index contributed by atoms with van der Waals surface area (Å²) in [6, 6.07) is 10.8. The van der Waals surface area contributed by atoms with Gasteiger partial charge < -0.3 is 9.47 Å². The minimum Gasteiger partial charge on any atom is -0.497 e. The number of morpholine rings is 1. The molecule has 124 valence electrons. The number of benzene rings is 2. The van der Waals surface area contributed by atoms with Crippen LogP contribution in [-0.4, -0.2) is 45.1 Å². The number of ether oxygens (including phenoxy) is 2. The second-order valence-electron chi connectivity index (χ2n) is 5.95. The van der Waals surface area contributed by atoms with Gasteiger partial charge in [0, 0.05) is 13.1 Å². The van der Waals surface area contributed by atoms with Crippen LogP contribution in [0, 0.1) is 0 Å². The van der Waals surface area contributed by atoms with E-state index in [9.17, 15) is 8.42 Å². The van der Waals surface area contributed by atoms with Crippen LogP contribution in [0.4, 0.5) is 0 Å². The van der Waals surface area contributed by atoms with Gasteiger partial charge in [0.1, 0.15) is 5.75 Å². The molecule has 2 aromatic carbocycles. The molecule has 1 heterocycles. The standard InChI is InChI=1S/C17H21NO4S/c1-12-10-18(11-13(2)22-12)23(19,20)17-7-5-14-8-16(21-3)6-4-15(14)9-17/h4-9,12-13H,10-11H2,1-3H3/t12-,13+. The number of hydrogen-bond donors (Lipinski definition) is 0. The van der Waals surface area contributed by atoms with E-state index in [4.69, 9.17) is 9.47 Å². The largest absolute Gasteiger partial charge is 0.497 e. The van der Waals surface area contributed by atoms with Crippen LogP contribution in [0.25, 0.3) is 10.8 Å². The van der Waals surface area contributed by atoms with Crippen molar-refractivity contribution in [3.63, 3.8) is 0 Å². The fourth-order valence-corrected chi connectivity index (χ4v) is 4.59. The van der Waals surface area contributed by atoms with Crippen molar-refractivity contribution in [2.24, 2.45) is 0 Å². The van der Waals surface area contributed by atoms with Gasteiger partial charge in [-0.3, -0.25) is 0 Å². The average molecular weight is 335 g/mol. The molecule has 1 saturated heterocycles. The highest BCUT2D eigenvalue weighted by Crippen LogP contribution is 2.26. The van der Waals surface area contributed by atoms with E-state index in [2.05, 4.69) is 0 Å². The summed E-state index contributed by atoms with van der Waals surface area (Å²) in [5.41, 5.74) is 0. The lowest BCUT2D eigenvalue weighted by Gasteiger charge is -2.34. The van der Waals surface area contributed by atoms with E-state index in [0.717, 1.165) is 16.5 Å². The van der Waals surface area contributed by atoms with Gasteiger partial charge in [0.25, 0.3) is 0 Å². The fraction of sp³-hybridized carbons (Fsp3) is 0.412. The van der Waals surface area contributed by atoms with Crippen molar-refractivity contribution in [3.05, 3.63) is 36.4 Å². The van der Waals surface area contributed by atoms with Gasteiger partial charge in [0.05, 0.1) is 24.2 Å². The number of fused-ring (bicyclic) bond motifs is 1. The van der Waals surface area contributed by atoms with Gasteiger partial charge in [-0.1, -0.05) is 12.1 Å². The Balaban J connectivity index is 1.98. The third kappa shape index (κ3) is 3.20. The second-order valence-corrected chi connectivity index (χ2v) is 7.89. The van der Waals surface area contributed by atoms with E-state index in [1.165, 1.54) is 4.31 Å². The van der Waals surface area contributed by atoms with Crippen molar-refractivity contribution in [3.8, 4) is 5.75 Å². The average Bonchev–Trinajstić information content (AvgIpc) is 2.52. The first-order chi connectivity index (χ1) is 10.9. The Morgan fingerprint density at radius 1 is 1.04 bits per heavy atom. The van der Waals surface area contributed by atoms with Crippen LogP contribution in [0.2, 0.25) is 0 Å². The van der Waals surface area contributed by atoms with Gasteiger partial charge in [0.2, 0.25) is 10.0 Å². The highest BCUT2D eigenvalue weighted by Gasteiger charge is 2.32. The highest BCUT2D eigenvalue weighted by molar-refractivity contribution is 7.89. The SMILES string of the molecule is COc1ccc2cc(S(=O)(=O)N3C[C@@H](C)O[C@@H](C)C3)ccc2c1. The molecular formula is C17H21NO4S. The van der Waals surface area contributed by atoms with E-state index < -0.39 is 10.0 Å². The molecule has 0 unspecified atom stereocenters. The fourth-order valence-electron chi connectivity index (χ4n) is 2.97. The third-order valence-electron chi connectivity index (χ3n) is 4.04. The van der Waals surface area contributed by atoms with E-state index in [0.29, 0.717) is 18.0 Å². The summed E-state index contributed by atoms with van der Waals surface area (Å²) < 4.78 is 38.1. The van der Waals surface area contributed by atoms with E-state index in [1.54, 1.807) is 19.2 Å². The first-order valence-corrected chi connectivity index (χ1v) is 9.07. The summed E-state index contributed by atoms with van der Waals surface area (Å²) in [5, 5.41) is 1.83. The minimum absolute atomic E-state index is 0.0988. The molecule has 0 radical (unpaired) electrons. The smallest absolute Gasteiger partial charge is 0.243 e. The van der Waals surface area contributed by atoms with Gasteiger partial charge >= 0.3 is 0 Å². The lowest BCUT2D eigenvalue weighted by Crippen LogP contribution is -2.48. The molecule has 6 heteroatoms. The summed E-state index contributed by atoms with van der Waals surface area (Å²) in [6.07, 6.45) is -0.198. The Kier molecular flexibility index (Phi) is 4.31. The zero-order chi connectivity index (χ0) is 16.6. The van der Waals surface area contributed by atoms with Crippen LogP contribution < -0.4 is 4.74 Å². The Bertz CT molecular complexity index is 808. The monoisotopic (exact) mass is 335 g/mol. The van der Waals surface area contributed by atoms with Crippen molar-refractivity contribution in [2.45, 2.75) is 31.0 Å². The molecule has 1 aliphatic heterocycles.